The highest BCUT2D eigenvalue weighted by Gasteiger charge is 2.30. The van der Waals surface area contributed by atoms with Crippen molar-refractivity contribution < 1.29 is 22.8 Å². The van der Waals surface area contributed by atoms with E-state index in [0.29, 0.717) is 10.4 Å². The van der Waals surface area contributed by atoms with Gasteiger partial charge in [-0.15, -0.1) is 11.3 Å². The van der Waals surface area contributed by atoms with Gasteiger partial charge in [-0.2, -0.15) is 13.2 Å². The summed E-state index contributed by atoms with van der Waals surface area (Å²) in [5, 5.41) is 4.93. The predicted molar refractivity (Wildman–Crippen MR) is 101 cm³/mol. The van der Waals surface area contributed by atoms with Crippen LogP contribution in [0, 0.1) is 0 Å². The number of urea groups is 1. The van der Waals surface area contributed by atoms with Crippen LogP contribution in [-0.2, 0) is 12.7 Å². The van der Waals surface area contributed by atoms with Crippen molar-refractivity contribution in [3.63, 3.8) is 0 Å². The topological polar surface area (TPSA) is 58.2 Å². The summed E-state index contributed by atoms with van der Waals surface area (Å²) in [7, 11) is 0. The van der Waals surface area contributed by atoms with Gasteiger partial charge in [0.15, 0.2) is 0 Å². The van der Waals surface area contributed by atoms with Gasteiger partial charge >= 0.3 is 12.2 Å². The molecule has 3 aromatic rings. The first-order valence-corrected chi connectivity index (χ1v) is 9.05. The van der Waals surface area contributed by atoms with E-state index in [9.17, 15) is 22.8 Å². The molecule has 3 rings (SSSR count). The van der Waals surface area contributed by atoms with E-state index in [4.69, 9.17) is 0 Å². The van der Waals surface area contributed by atoms with Crippen LogP contribution in [0.1, 0.15) is 25.7 Å². The highest BCUT2D eigenvalue weighted by atomic mass is 32.1. The Bertz CT molecular complexity index is 984. The summed E-state index contributed by atoms with van der Waals surface area (Å²) in [5.74, 6) is -0.106. The fourth-order valence-corrected chi connectivity index (χ4v) is 3.35. The van der Waals surface area contributed by atoms with Gasteiger partial charge in [0.25, 0.3) is 0 Å². The quantitative estimate of drug-likeness (QED) is 0.566. The molecule has 0 saturated heterocycles. The second-order valence-electron chi connectivity index (χ2n) is 5.85. The number of nitrogens with one attached hydrogen (secondary N) is 2. The SMILES string of the molecule is O=C(NCc1ccc(C(=O)c2ccccc2)s1)Nc1cccc(C(F)(F)F)c1. The first-order chi connectivity index (χ1) is 13.3. The van der Waals surface area contributed by atoms with Crippen molar-refractivity contribution in [2.24, 2.45) is 0 Å². The van der Waals surface area contributed by atoms with Crippen LogP contribution in [0.2, 0.25) is 0 Å². The Morgan fingerprint density at radius 1 is 0.929 bits per heavy atom. The van der Waals surface area contributed by atoms with Crippen molar-refractivity contribution in [2.75, 3.05) is 5.32 Å². The summed E-state index contributed by atoms with van der Waals surface area (Å²) in [6.45, 7) is 0.150. The molecular weight excluding hydrogens is 389 g/mol. The Hall–Kier alpha value is -3.13. The highest BCUT2D eigenvalue weighted by molar-refractivity contribution is 7.14. The molecule has 0 unspecified atom stereocenters. The Labute approximate surface area is 163 Å². The summed E-state index contributed by atoms with van der Waals surface area (Å²) in [5.41, 5.74) is -0.225. The Morgan fingerprint density at radius 3 is 2.39 bits per heavy atom. The number of carbonyl (C=O) groups excluding carboxylic acids is 2. The second-order valence-corrected chi connectivity index (χ2v) is 7.02. The fraction of sp³-hybridized carbons (Fsp3) is 0.100. The van der Waals surface area contributed by atoms with Gasteiger partial charge in [0, 0.05) is 16.1 Å². The Morgan fingerprint density at radius 2 is 1.68 bits per heavy atom. The number of anilines is 1. The van der Waals surface area contributed by atoms with E-state index >= 15 is 0 Å². The minimum atomic E-state index is -4.48. The number of alkyl halides is 3. The zero-order chi connectivity index (χ0) is 20.1. The van der Waals surface area contributed by atoms with Crippen molar-refractivity contribution >= 4 is 28.8 Å². The van der Waals surface area contributed by atoms with E-state index in [1.807, 2.05) is 6.07 Å². The van der Waals surface area contributed by atoms with Crippen LogP contribution in [0.25, 0.3) is 0 Å². The molecule has 144 valence electrons. The molecule has 0 spiro atoms. The maximum absolute atomic E-state index is 12.7. The zero-order valence-electron chi connectivity index (χ0n) is 14.4. The van der Waals surface area contributed by atoms with Gasteiger partial charge in [-0.25, -0.2) is 4.79 Å². The molecule has 0 aliphatic rings. The molecule has 4 nitrogen and oxygen atoms in total. The van der Waals surface area contributed by atoms with Crippen molar-refractivity contribution in [3.05, 3.63) is 87.6 Å². The number of rotatable bonds is 5. The minimum absolute atomic E-state index is 0.0402. The monoisotopic (exact) mass is 404 g/mol. The van der Waals surface area contributed by atoms with Gasteiger partial charge in [-0.1, -0.05) is 36.4 Å². The van der Waals surface area contributed by atoms with Crippen LogP contribution in [0.15, 0.2) is 66.7 Å². The molecule has 2 amide bonds. The van der Waals surface area contributed by atoms with E-state index in [0.717, 1.165) is 17.0 Å². The molecule has 0 aliphatic carbocycles. The Balaban J connectivity index is 1.57. The number of ketones is 1. The number of amides is 2. The first-order valence-electron chi connectivity index (χ1n) is 8.23. The molecule has 0 bridgehead atoms. The van der Waals surface area contributed by atoms with Crippen LogP contribution in [0.3, 0.4) is 0 Å². The summed E-state index contributed by atoms with van der Waals surface area (Å²) in [6.07, 6.45) is -4.48. The molecule has 0 atom stereocenters. The molecule has 0 aliphatic heterocycles. The van der Waals surface area contributed by atoms with Gasteiger partial charge in [0.1, 0.15) is 0 Å². The largest absolute Gasteiger partial charge is 0.416 e. The lowest BCUT2D eigenvalue weighted by Crippen LogP contribution is -2.28. The predicted octanol–water partition coefficient (Wildman–Crippen LogP) is 5.32. The lowest BCUT2D eigenvalue weighted by atomic mass is 10.1. The molecular formula is C20H15F3N2O2S. The van der Waals surface area contributed by atoms with Crippen molar-refractivity contribution in [1.29, 1.82) is 0 Å². The average molecular weight is 404 g/mol. The van der Waals surface area contributed by atoms with Gasteiger partial charge < -0.3 is 10.6 Å². The highest BCUT2D eigenvalue weighted by Crippen LogP contribution is 2.30. The second kappa shape index (κ2) is 8.26. The standard InChI is InChI=1S/C20H15F3N2O2S/c21-20(22,23)14-7-4-8-15(11-14)25-19(27)24-12-16-9-10-17(28-16)18(26)13-5-2-1-3-6-13/h1-11H,12H2,(H2,24,25,27). The maximum Gasteiger partial charge on any atom is 0.416 e. The third-order valence-corrected chi connectivity index (χ3v) is 4.88. The van der Waals surface area contributed by atoms with Crippen LogP contribution in [-0.4, -0.2) is 11.8 Å². The van der Waals surface area contributed by atoms with Crippen molar-refractivity contribution in [2.45, 2.75) is 12.7 Å². The summed E-state index contributed by atoms with van der Waals surface area (Å²) in [4.78, 5) is 25.6. The zero-order valence-corrected chi connectivity index (χ0v) is 15.2. The van der Waals surface area contributed by atoms with E-state index in [2.05, 4.69) is 10.6 Å². The van der Waals surface area contributed by atoms with Gasteiger partial charge in [0.2, 0.25) is 5.78 Å². The molecule has 0 saturated carbocycles. The van der Waals surface area contributed by atoms with Crippen molar-refractivity contribution in [1.82, 2.24) is 5.32 Å². The van der Waals surface area contributed by atoms with E-state index in [-0.39, 0.29) is 18.0 Å². The number of hydrogen-bond donors (Lipinski definition) is 2. The molecule has 1 aromatic heterocycles. The molecule has 2 aromatic carbocycles. The number of hydrogen-bond acceptors (Lipinski definition) is 3. The molecule has 28 heavy (non-hydrogen) atoms. The van der Waals surface area contributed by atoms with Crippen LogP contribution >= 0.6 is 11.3 Å². The average Bonchev–Trinajstić information content (AvgIpc) is 3.15. The lowest BCUT2D eigenvalue weighted by molar-refractivity contribution is -0.137. The van der Waals surface area contributed by atoms with Crippen LogP contribution in [0.5, 0.6) is 0 Å². The van der Waals surface area contributed by atoms with E-state index < -0.39 is 17.8 Å². The van der Waals surface area contributed by atoms with Gasteiger partial charge in [-0.05, 0) is 30.3 Å². The van der Waals surface area contributed by atoms with Crippen LogP contribution in [0.4, 0.5) is 23.7 Å². The van der Waals surface area contributed by atoms with E-state index in [1.165, 1.54) is 23.5 Å². The third-order valence-electron chi connectivity index (χ3n) is 3.79. The smallest absolute Gasteiger partial charge is 0.333 e. The molecule has 0 fully saturated rings. The Kier molecular flexibility index (Phi) is 5.79. The summed E-state index contributed by atoms with van der Waals surface area (Å²) >= 11 is 1.25. The van der Waals surface area contributed by atoms with Crippen molar-refractivity contribution in [3.8, 4) is 0 Å². The fourth-order valence-electron chi connectivity index (χ4n) is 2.44. The van der Waals surface area contributed by atoms with Crippen LogP contribution < -0.4 is 10.6 Å². The van der Waals surface area contributed by atoms with Gasteiger partial charge in [-0.3, -0.25) is 4.79 Å². The van der Waals surface area contributed by atoms with E-state index in [1.54, 1.807) is 36.4 Å². The number of halogens is 3. The summed E-state index contributed by atoms with van der Waals surface area (Å²) < 4.78 is 38.1. The maximum atomic E-state index is 12.7. The lowest BCUT2D eigenvalue weighted by Gasteiger charge is -2.10. The molecule has 8 heteroatoms. The normalized spacial score (nSPS) is 11.1. The van der Waals surface area contributed by atoms with Gasteiger partial charge in [0.05, 0.1) is 17.0 Å². The number of thiophene rings is 1. The minimum Gasteiger partial charge on any atom is -0.333 e. The molecule has 2 N–H and O–H groups in total. The summed E-state index contributed by atoms with van der Waals surface area (Å²) in [6, 6.07) is 16.0. The molecule has 0 radical (unpaired) electrons. The number of benzene rings is 2. The number of carbonyl (C=O) groups is 2. The first kappa shape index (κ1) is 19.6. The molecule has 1 heterocycles. The third kappa shape index (κ3) is 4.98.